The number of hydrogen-bond donors (Lipinski definition) is 0. The monoisotopic (exact) mass is 464 g/mol. The predicted molar refractivity (Wildman–Crippen MR) is 116 cm³/mol. The van der Waals surface area contributed by atoms with Gasteiger partial charge in [-0.1, -0.05) is 12.1 Å². The number of fused-ring (bicyclic) bond motifs is 1. The van der Waals surface area contributed by atoms with Crippen LogP contribution in [0.3, 0.4) is 0 Å². The molecule has 1 atom stereocenters. The fourth-order valence-electron chi connectivity index (χ4n) is 4.08. The Hall–Kier alpha value is -2.81. The number of likely N-dealkylation sites (tertiary alicyclic amines) is 1. The number of alkyl halides is 3. The van der Waals surface area contributed by atoms with Gasteiger partial charge >= 0.3 is 12.1 Å². The molecule has 1 fully saturated rings. The molecular formula is C23H23F3N2O3S. The molecule has 3 aromatic rings. The maximum atomic E-state index is 13.4. The zero-order valence-corrected chi connectivity index (χ0v) is 18.3. The highest BCUT2D eigenvalue weighted by atomic mass is 32.1. The van der Waals surface area contributed by atoms with Crippen LogP contribution in [-0.4, -0.2) is 41.0 Å². The van der Waals surface area contributed by atoms with E-state index in [4.69, 9.17) is 4.74 Å². The zero-order valence-electron chi connectivity index (χ0n) is 17.5. The highest BCUT2D eigenvalue weighted by molar-refractivity contribution is 7.17. The molecule has 5 nitrogen and oxygen atoms in total. The van der Waals surface area contributed by atoms with Gasteiger partial charge in [0.1, 0.15) is 5.69 Å². The topological polar surface area (TPSA) is 51.5 Å². The van der Waals surface area contributed by atoms with E-state index in [0.29, 0.717) is 43.8 Å². The standard InChI is InChI=1S/C23H23F3N2O3S/c1-2-31-22(30)16-4-3-10-27(14-16)21(29)19-12-20-18(9-11-32-20)28(19)13-15-5-7-17(8-6-15)23(24,25)26/h5-9,11-12,16H,2-4,10,13-14H2,1H3/t16-/m1/s1. The molecule has 1 aliphatic rings. The lowest BCUT2D eigenvalue weighted by Crippen LogP contribution is -2.43. The Morgan fingerprint density at radius 1 is 1.19 bits per heavy atom. The number of ether oxygens (including phenoxy) is 1. The van der Waals surface area contributed by atoms with Gasteiger partial charge in [0.15, 0.2) is 0 Å². The van der Waals surface area contributed by atoms with Crippen molar-refractivity contribution < 1.29 is 27.5 Å². The number of benzene rings is 1. The van der Waals surface area contributed by atoms with Crippen LogP contribution in [0.1, 0.15) is 41.4 Å². The van der Waals surface area contributed by atoms with E-state index in [9.17, 15) is 22.8 Å². The fourth-order valence-corrected chi connectivity index (χ4v) is 4.90. The van der Waals surface area contributed by atoms with Gasteiger partial charge in [0.25, 0.3) is 5.91 Å². The highest BCUT2D eigenvalue weighted by Gasteiger charge is 2.32. The third-order valence-corrected chi connectivity index (χ3v) is 6.55. The molecule has 0 spiro atoms. The van der Waals surface area contributed by atoms with Crippen molar-refractivity contribution in [1.29, 1.82) is 0 Å². The fraction of sp³-hybridized carbons (Fsp3) is 0.391. The third-order valence-electron chi connectivity index (χ3n) is 5.69. The lowest BCUT2D eigenvalue weighted by Gasteiger charge is -2.31. The predicted octanol–water partition coefficient (Wildman–Crippen LogP) is 5.19. The average Bonchev–Trinajstić information content (AvgIpc) is 3.36. The first-order chi connectivity index (χ1) is 15.3. The van der Waals surface area contributed by atoms with Crippen molar-refractivity contribution in [3.8, 4) is 0 Å². The van der Waals surface area contributed by atoms with Crippen LogP contribution in [0.4, 0.5) is 13.2 Å². The molecule has 9 heteroatoms. The Morgan fingerprint density at radius 2 is 1.94 bits per heavy atom. The van der Waals surface area contributed by atoms with Crippen LogP contribution in [0.25, 0.3) is 10.2 Å². The van der Waals surface area contributed by atoms with Gasteiger partial charge in [-0.2, -0.15) is 13.2 Å². The quantitative estimate of drug-likeness (QED) is 0.489. The molecule has 0 radical (unpaired) electrons. The molecule has 170 valence electrons. The number of nitrogens with zero attached hydrogens (tertiary/aromatic N) is 2. The number of hydrogen-bond acceptors (Lipinski definition) is 4. The Balaban J connectivity index is 1.60. The van der Waals surface area contributed by atoms with E-state index in [2.05, 4.69) is 0 Å². The van der Waals surface area contributed by atoms with Gasteiger partial charge in [-0.15, -0.1) is 11.3 Å². The summed E-state index contributed by atoms with van der Waals surface area (Å²) >= 11 is 1.50. The number of esters is 1. The van der Waals surface area contributed by atoms with Crippen molar-refractivity contribution in [1.82, 2.24) is 9.47 Å². The van der Waals surface area contributed by atoms with Gasteiger partial charge in [0, 0.05) is 19.6 Å². The van der Waals surface area contributed by atoms with E-state index >= 15 is 0 Å². The summed E-state index contributed by atoms with van der Waals surface area (Å²) < 4.78 is 46.6. The minimum Gasteiger partial charge on any atom is -0.466 e. The summed E-state index contributed by atoms with van der Waals surface area (Å²) in [6, 6.07) is 8.71. The molecule has 3 heterocycles. The third kappa shape index (κ3) is 4.53. The van der Waals surface area contributed by atoms with Crippen LogP contribution in [0.2, 0.25) is 0 Å². The SMILES string of the molecule is CCOC(=O)[C@@H]1CCCN(C(=O)c2cc3sccc3n2Cc2ccc(C(F)(F)F)cc2)C1. The number of amides is 1. The molecule has 1 saturated heterocycles. The van der Waals surface area contributed by atoms with E-state index in [0.717, 1.165) is 22.3 Å². The molecule has 0 unspecified atom stereocenters. The van der Waals surface area contributed by atoms with Crippen LogP contribution in [0, 0.1) is 5.92 Å². The number of rotatable bonds is 5. The molecule has 0 saturated carbocycles. The second-order valence-corrected chi connectivity index (χ2v) is 8.77. The summed E-state index contributed by atoms with van der Waals surface area (Å²) in [5.41, 5.74) is 1.29. The number of carbonyl (C=O) groups is 2. The van der Waals surface area contributed by atoms with Crippen molar-refractivity contribution >= 4 is 33.4 Å². The van der Waals surface area contributed by atoms with E-state index in [1.54, 1.807) is 11.8 Å². The van der Waals surface area contributed by atoms with Crippen molar-refractivity contribution in [2.45, 2.75) is 32.5 Å². The Bertz CT molecular complexity index is 1120. The van der Waals surface area contributed by atoms with Crippen molar-refractivity contribution in [3.63, 3.8) is 0 Å². The van der Waals surface area contributed by atoms with Crippen LogP contribution in [-0.2, 0) is 22.3 Å². The van der Waals surface area contributed by atoms with Crippen molar-refractivity contribution in [3.05, 3.63) is 58.6 Å². The number of thiophene rings is 1. The smallest absolute Gasteiger partial charge is 0.416 e. The van der Waals surface area contributed by atoms with E-state index in [1.165, 1.54) is 23.5 Å². The van der Waals surface area contributed by atoms with Gasteiger partial charge in [-0.05, 0) is 55.0 Å². The van der Waals surface area contributed by atoms with Gasteiger partial charge < -0.3 is 14.2 Å². The number of halogens is 3. The van der Waals surface area contributed by atoms with Gasteiger partial charge in [-0.3, -0.25) is 9.59 Å². The summed E-state index contributed by atoms with van der Waals surface area (Å²) in [4.78, 5) is 27.2. The van der Waals surface area contributed by atoms with Crippen LogP contribution >= 0.6 is 11.3 Å². The first-order valence-corrected chi connectivity index (χ1v) is 11.3. The summed E-state index contributed by atoms with van der Waals surface area (Å²) in [5, 5.41) is 1.92. The molecule has 32 heavy (non-hydrogen) atoms. The largest absolute Gasteiger partial charge is 0.466 e. The van der Waals surface area contributed by atoms with Gasteiger partial charge in [0.05, 0.1) is 28.3 Å². The van der Waals surface area contributed by atoms with Crippen LogP contribution < -0.4 is 0 Å². The Morgan fingerprint density at radius 3 is 2.62 bits per heavy atom. The number of carbonyl (C=O) groups excluding carboxylic acids is 2. The van der Waals surface area contributed by atoms with E-state index in [1.807, 2.05) is 22.1 Å². The van der Waals surface area contributed by atoms with Gasteiger partial charge in [-0.25, -0.2) is 0 Å². The Kier molecular flexibility index (Phi) is 6.28. The second-order valence-electron chi connectivity index (χ2n) is 7.82. The first-order valence-electron chi connectivity index (χ1n) is 10.5. The lowest BCUT2D eigenvalue weighted by molar-refractivity contribution is -0.149. The Labute approximate surface area is 187 Å². The average molecular weight is 465 g/mol. The van der Waals surface area contributed by atoms with Crippen LogP contribution in [0.5, 0.6) is 0 Å². The normalized spacial score (nSPS) is 17.0. The summed E-state index contributed by atoms with van der Waals surface area (Å²) in [6.45, 7) is 3.18. The van der Waals surface area contributed by atoms with Gasteiger partial charge in [0.2, 0.25) is 0 Å². The summed E-state index contributed by atoms with van der Waals surface area (Å²) in [5.74, 6) is -0.812. The minimum absolute atomic E-state index is 0.186. The summed E-state index contributed by atoms with van der Waals surface area (Å²) in [6.07, 6.45) is -3.00. The number of aromatic nitrogens is 1. The zero-order chi connectivity index (χ0) is 22.9. The highest BCUT2D eigenvalue weighted by Crippen LogP contribution is 2.31. The molecule has 1 amide bonds. The van der Waals surface area contributed by atoms with Crippen molar-refractivity contribution in [2.24, 2.45) is 5.92 Å². The summed E-state index contributed by atoms with van der Waals surface area (Å²) in [7, 11) is 0. The molecule has 4 rings (SSSR count). The van der Waals surface area contributed by atoms with E-state index < -0.39 is 11.7 Å². The maximum absolute atomic E-state index is 13.4. The molecule has 2 aromatic heterocycles. The molecule has 0 aliphatic carbocycles. The van der Waals surface area contributed by atoms with Crippen LogP contribution in [0.15, 0.2) is 41.8 Å². The molecule has 0 N–H and O–H groups in total. The lowest BCUT2D eigenvalue weighted by atomic mass is 9.98. The number of piperidine rings is 1. The first kappa shape index (κ1) is 22.4. The molecule has 1 aromatic carbocycles. The maximum Gasteiger partial charge on any atom is 0.416 e. The molecule has 1 aliphatic heterocycles. The minimum atomic E-state index is -4.39. The second kappa shape index (κ2) is 8.97. The molecule has 0 bridgehead atoms. The van der Waals surface area contributed by atoms with E-state index in [-0.39, 0.29) is 24.3 Å². The van der Waals surface area contributed by atoms with Crippen molar-refractivity contribution in [2.75, 3.05) is 19.7 Å². The molecular weight excluding hydrogens is 441 g/mol.